The van der Waals surface area contributed by atoms with Crippen molar-refractivity contribution < 1.29 is 19.5 Å². The lowest BCUT2D eigenvalue weighted by atomic mass is 10.1. The van der Waals surface area contributed by atoms with Crippen LogP contribution in [-0.2, 0) is 14.4 Å². The molecule has 17 heavy (non-hydrogen) atoms. The molecule has 0 radical (unpaired) electrons. The van der Waals surface area contributed by atoms with Crippen LogP contribution in [0.15, 0.2) is 5.16 Å². The van der Waals surface area contributed by atoms with E-state index < -0.39 is 11.6 Å². The van der Waals surface area contributed by atoms with Crippen molar-refractivity contribution in [1.82, 2.24) is 9.36 Å². The fraction of sp³-hybridized carbons (Fsp3) is 0.375. The second kappa shape index (κ2) is 4.87. The van der Waals surface area contributed by atoms with Gasteiger partial charge in [-0.05, 0) is 13.8 Å². The minimum Gasteiger partial charge on any atom is -0.478 e. The van der Waals surface area contributed by atoms with Gasteiger partial charge in [0, 0.05) is 11.5 Å². The molecule has 0 aliphatic rings. The number of nitrogens with two attached hydrogens (primary N) is 1. The number of carbonyl (C=O) groups is 2. The Kier molecular flexibility index (Phi) is 3.73. The molecule has 0 aliphatic carbocycles. The summed E-state index contributed by atoms with van der Waals surface area (Å²) in [4.78, 5) is 29.9. The van der Waals surface area contributed by atoms with Crippen molar-refractivity contribution in [2.24, 2.45) is 5.16 Å². The second-order valence-corrected chi connectivity index (χ2v) is 4.24. The van der Waals surface area contributed by atoms with E-state index in [1.165, 1.54) is 13.8 Å². The van der Waals surface area contributed by atoms with Crippen LogP contribution in [0.5, 0.6) is 0 Å². The summed E-state index contributed by atoms with van der Waals surface area (Å²) in [6.07, 6.45) is 0.361. The summed E-state index contributed by atoms with van der Waals surface area (Å²) in [5.41, 5.74) is 3.58. The van der Waals surface area contributed by atoms with Crippen LogP contribution < -0.4 is 5.73 Å². The molecule has 1 heterocycles. The number of aromatic nitrogens is 2. The minimum atomic E-state index is -1.55. The normalized spacial score (nSPS) is 12.2. The molecule has 0 saturated carbocycles. The van der Waals surface area contributed by atoms with E-state index >= 15 is 0 Å². The van der Waals surface area contributed by atoms with Crippen molar-refractivity contribution in [3.05, 3.63) is 5.82 Å². The molecule has 0 saturated heterocycles. The number of rotatable bonds is 5. The molecule has 0 atom stereocenters. The molecule has 1 aromatic rings. The lowest BCUT2D eigenvalue weighted by Gasteiger charge is -2.16. The molecule has 0 amide bonds. The van der Waals surface area contributed by atoms with E-state index in [1.54, 1.807) is 0 Å². The number of aliphatic carboxylic acids is 1. The van der Waals surface area contributed by atoms with Gasteiger partial charge in [-0.3, -0.25) is 4.79 Å². The highest BCUT2D eigenvalue weighted by atomic mass is 32.1. The van der Waals surface area contributed by atoms with Crippen molar-refractivity contribution in [3.8, 4) is 0 Å². The van der Waals surface area contributed by atoms with Gasteiger partial charge in [-0.15, -0.1) is 0 Å². The van der Waals surface area contributed by atoms with Crippen LogP contribution in [0.2, 0.25) is 0 Å². The Labute approximate surface area is 100 Å². The molecule has 8 nitrogen and oxygen atoms in total. The number of oxime groups is 1. The Morgan fingerprint density at radius 1 is 1.65 bits per heavy atom. The zero-order valence-corrected chi connectivity index (χ0v) is 9.89. The zero-order chi connectivity index (χ0) is 13.1. The van der Waals surface area contributed by atoms with Crippen LogP contribution in [0.1, 0.15) is 19.7 Å². The number of nitrogen functional groups attached to an aromatic ring is 1. The highest BCUT2D eigenvalue weighted by Gasteiger charge is 2.30. The van der Waals surface area contributed by atoms with Gasteiger partial charge < -0.3 is 15.7 Å². The van der Waals surface area contributed by atoms with Crippen LogP contribution in [-0.4, -0.2) is 38.0 Å². The average Bonchev–Trinajstić information content (AvgIpc) is 2.65. The van der Waals surface area contributed by atoms with Gasteiger partial charge in [0.1, 0.15) is 0 Å². The topological polar surface area (TPSA) is 128 Å². The summed E-state index contributed by atoms with van der Waals surface area (Å²) < 4.78 is 3.75. The number of carbonyl (C=O) groups excluding carboxylic acids is 1. The summed E-state index contributed by atoms with van der Waals surface area (Å²) in [6.45, 7) is 2.59. The van der Waals surface area contributed by atoms with Crippen LogP contribution in [0, 0.1) is 0 Å². The predicted molar refractivity (Wildman–Crippen MR) is 59.7 cm³/mol. The molecule has 3 N–H and O–H groups in total. The Balaban J connectivity index is 2.89. The van der Waals surface area contributed by atoms with E-state index in [0.717, 1.165) is 11.5 Å². The average molecular weight is 258 g/mol. The summed E-state index contributed by atoms with van der Waals surface area (Å²) in [6, 6.07) is 0. The van der Waals surface area contributed by atoms with Crippen LogP contribution in [0.25, 0.3) is 0 Å². The molecule has 1 rings (SSSR count). The summed E-state index contributed by atoms with van der Waals surface area (Å²) in [5.74, 6) is -1.21. The van der Waals surface area contributed by atoms with E-state index in [-0.39, 0.29) is 16.7 Å². The van der Waals surface area contributed by atoms with Crippen molar-refractivity contribution in [2.45, 2.75) is 19.4 Å². The largest absolute Gasteiger partial charge is 0.478 e. The molecule has 0 bridgehead atoms. The van der Waals surface area contributed by atoms with Crippen molar-refractivity contribution in [2.75, 3.05) is 5.73 Å². The van der Waals surface area contributed by atoms with Gasteiger partial charge in [0.2, 0.25) is 5.60 Å². The first kappa shape index (κ1) is 13.0. The number of nitrogens with zero attached hydrogens (tertiary/aromatic N) is 3. The van der Waals surface area contributed by atoms with Crippen molar-refractivity contribution in [1.29, 1.82) is 0 Å². The first-order chi connectivity index (χ1) is 7.86. The lowest BCUT2D eigenvalue weighted by Crippen LogP contribution is -2.33. The number of hydrogen-bond acceptors (Lipinski definition) is 8. The van der Waals surface area contributed by atoms with Crippen molar-refractivity contribution in [3.63, 3.8) is 0 Å². The number of carboxylic acids is 1. The summed E-state index contributed by atoms with van der Waals surface area (Å²) >= 11 is 0.893. The molecule has 9 heteroatoms. The van der Waals surface area contributed by atoms with Gasteiger partial charge in [-0.25, -0.2) is 4.79 Å². The highest BCUT2D eigenvalue weighted by Crippen LogP contribution is 2.11. The number of aldehydes is 1. The third kappa shape index (κ3) is 3.21. The van der Waals surface area contributed by atoms with Gasteiger partial charge in [-0.1, -0.05) is 5.16 Å². The molecule has 0 fully saturated rings. The Bertz CT molecular complexity index is 468. The van der Waals surface area contributed by atoms with Gasteiger partial charge in [0.15, 0.2) is 23.0 Å². The molecular weight excluding hydrogens is 248 g/mol. The summed E-state index contributed by atoms with van der Waals surface area (Å²) in [7, 11) is 0. The second-order valence-electron chi connectivity index (χ2n) is 3.46. The van der Waals surface area contributed by atoms with E-state index in [1.807, 2.05) is 0 Å². The first-order valence-corrected chi connectivity index (χ1v) is 5.18. The fourth-order valence-corrected chi connectivity index (χ4v) is 1.10. The maximum absolute atomic E-state index is 10.7. The monoisotopic (exact) mass is 258 g/mol. The van der Waals surface area contributed by atoms with E-state index in [4.69, 9.17) is 15.7 Å². The highest BCUT2D eigenvalue weighted by molar-refractivity contribution is 7.09. The quantitative estimate of drug-likeness (QED) is 0.428. The first-order valence-electron chi connectivity index (χ1n) is 4.41. The lowest BCUT2D eigenvalue weighted by molar-refractivity contribution is -0.161. The molecule has 0 aliphatic heterocycles. The van der Waals surface area contributed by atoms with E-state index in [0.29, 0.717) is 6.29 Å². The van der Waals surface area contributed by atoms with Crippen molar-refractivity contribution >= 4 is 34.6 Å². The number of anilines is 1. The Hall–Kier alpha value is -2.03. The van der Waals surface area contributed by atoms with Crippen LogP contribution in [0.3, 0.4) is 0 Å². The summed E-state index contributed by atoms with van der Waals surface area (Å²) in [5, 5.41) is 12.4. The molecule has 0 aromatic carbocycles. The zero-order valence-electron chi connectivity index (χ0n) is 9.08. The number of carboxylic acid groups (broad SMARTS) is 1. The predicted octanol–water partition coefficient (Wildman–Crippen LogP) is -0.0969. The minimum absolute atomic E-state index is 0.00342. The van der Waals surface area contributed by atoms with Crippen LogP contribution in [0.4, 0.5) is 5.13 Å². The Morgan fingerprint density at radius 3 is 2.71 bits per heavy atom. The van der Waals surface area contributed by atoms with Gasteiger partial charge in [-0.2, -0.15) is 9.36 Å². The molecule has 0 unspecified atom stereocenters. The molecule has 1 aromatic heterocycles. The van der Waals surface area contributed by atoms with Gasteiger partial charge in [0.25, 0.3) is 0 Å². The number of hydrogen-bond donors (Lipinski definition) is 2. The maximum Gasteiger partial charge on any atom is 0.350 e. The van der Waals surface area contributed by atoms with Crippen LogP contribution >= 0.6 is 11.5 Å². The molecule has 0 spiro atoms. The van der Waals surface area contributed by atoms with Gasteiger partial charge >= 0.3 is 5.97 Å². The third-order valence-corrected chi connectivity index (χ3v) is 2.21. The van der Waals surface area contributed by atoms with E-state index in [2.05, 4.69) is 14.5 Å². The third-order valence-electron chi connectivity index (χ3n) is 1.67. The fourth-order valence-electron chi connectivity index (χ4n) is 0.657. The molecule has 92 valence electrons. The van der Waals surface area contributed by atoms with Gasteiger partial charge in [0.05, 0.1) is 0 Å². The maximum atomic E-state index is 10.7. The molecular formula is C8H10N4O4S. The standard InChI is InChI=1S/C8H10N4O4S/c1-8(2,6(14)15)16-11-4(3-13)5-10-7(9)17-12-5/h3H,1-2H3,(H,14,15)(H2,9,10,12)/b11-4+. The SMILES string of the molecule is CC(C)(O/N=C(\C=O)c1nsc(N)n1)C(=O)O. The smallest absolute Gasteiger partial charge is 0.350 e. The van der Waals surface area contributed by atoms with E-state index in [9.17, 15) is 9.59 Å². The Morgan fingerprint density at radius 2 is 2.29 bits per heavy atom.